The Balaban J connectivity index is 1.93. The molecule has 9 nitrogen and oxygen atoms in total. The fourth-order valence-corrected chi connectivity index (χ4v) is 4.10. The topological polar surface area (TPSA) is 119 Å². The van der Waals surface area contributed by atoms with E-state index in [2.05, 4.69) is 0 Å². The van der Waals surface area contributed by atoms with E-state index < -0.39 is 37.8 Å². The number of nitrogens with two attached hydrogens (primary N) is 1. The smallest absolute Gasteiger partial charge is 0.380 e. The summed E-state index contributed by atoms with van der Waals surface area (Å²) in [7, 11) is 7.09. The summed E-state index contributed by atoms with van der Waals surface area (Å²) in [4.78, 5) is 10.2. The zero-order chi connectivity index (χ0) is 21.1. The summed E-state index contributed by atoms with van der Waals surface area (Å²) < 4.78 is 45.0. The highest BCUT2D eigenvalue weighted by atomic mass is 31.2. The Hall–Kier alpha value is 0.0399. The molecular formula is C16H30B2NO8P. The predicted molar refractivity (Wildman–Crippen MR) is 103 cm³/mol. The lowest BCUT2D eigenvalue weighted by atomic mass is 9.95. The van der Waals surface area contributed by atoms with Crippen molar-refractivity contribution in [2.24, 2.45) is 5.73 Å². The monoisotopic (exact) mass is 417 g/mol. The highest BCUT2D eigenvalue weighted by Crippen LogP contribution is 2.49. The molecule has 2 heterocycles. The third kappa shape index (κ3) is 7.07. The van der Waals surface area contributed by atoms with Gasteiger partial charge >= 0.3 is 7.82 Å². The summed E-state index contributed by atoms with van der Waals surface area (Å²) in [6.45, 7) is 7.15. The molecule has 0 spiro atoms. The van der Waals surface area contributed by atoms with Gasteiger partial charge in [-0.1, -0.05) is 0 Å². The van der Waals surface area contributed by atoms with Gasteiger partial charge in [-0.25, -0.2) is 4.57 Å². The Morgan fingerprint density at radius 1 is 1.21 bits per heavy atom. The second-order valence-corrected chi connectivity index (χ2v) is 9.14. The van der Waals surface area contributed by atoms with Crippen LogP contribution in [0.2, 0.25) is 0 Å². The second kappa shape index (κ2) is 9.90. The normalized spacial score (nSPS) is 38.4. The van der Waals surface area contributed by atoms with Crippen LogP contribution in [0.15, 0.2) is 0 Å². The van der Waals surface area contributed by atoms with E-state index >= 15 is 0 Å². The van der Waals surface area contributed by atoms with Crippen molar-refractivity contribution in [3.05, 3.63) is 0 Å². The quantitative estimate of drug-likeness (QED) is 0.388. The predicted octanol–water partition coefficient (Wildman–Crippen LogP) is 0.561. The van der Waals surface area contributed by atoms with Crippen molar-refractivity contribution in [1.82, 2.24) is 0 Å². The van der Waals surface area contributed by atoms with E-state index in [0.29, 0.717) is 6.42 Å². The number of phosphoric acid groups is 1. The molecule has 0 aliphatic carbocycles. The largest absolute Gasteiger partial charge is 0.472 e. The van der Waals surface area contributed by atoms with Crippen molar-refractivity contribution in [2.75, 3.05) is 13.2 Å². The van der Waals surface area contributed by atoms with E-state index in [1.807, 2.05) is 27.7 Å². The molecule has 2 saturated heterocycles. The van der Waals surface area contributed by atoms with Gasteiger partial charge in [0.1, 0.15) is 27.9 Å². The summed E-state index contributed by atoms with van der Waals surface area (Å²) in [5.74, 6) is 0. The first-order valence-corrected chi connectivity index (χ1v) is 11.0. The lowest BCUT2D eigenvalue weighted by molar-refractivity contribution is -0.120. The van der Waals surface area contributed by atoms with Crippen LogP contribution < -0.4 is 5.73 Å². The van der Waals surface area contributed by atoms with Crippen molar-refractivity contribution >= 4 is 23.5 Å². The molecule has 2 rings (SSSR count). The lowest BCUT2D eigenvalue weighted by Crippen LogP contribution is -2.53. The van der Waals surface area contributed by atoms with Crippen LogP contribution in [0.4, 0.5) is 0 Å². The van der Waals surface area contributed by atoms with Gasteiger partial charge in [0.2, 0.25) is 0 Å². The average Bonchev–Trinajstić information content (AvgIpc) is 3.02. The molecule has 1 unspecified atom stereocenters. The maximum Gasteiger partial charge on any atom is 0.472 e. The lowest BCUT2D eigenvalue weighted by Gasteiger charge is -2.31. The highest BCUT2D eigenvalue weighted by molar-refractivity contribution is 7.47. The van der Waals surface area contributed by atoms with Gasteiger partial charge < -0.3 is 23.8 Å². The van der Waals surface area contributed by atoms with Crippen molar-refractivity contribution in [1.29, 1.82) is 0 Å². The molecule has 12 heteroatoms. The number of ether oxygens (including phenoxy) is 4. The van der Waals surface area contributed by atoms with E-state index in [4.69, 9.17) is 49.4 Å². The molecule has 158 valence electrons. The van der Waals surface area contributed by atoms with E-state index in [1.165, 1.54) is 0 Å². The minimum absolute atomic E-state index is 0.0467. The SMILES string of the molecule is [B][C@H]1C[C@@H](OC(C)C)[C@@H](COP(=O)(O)O[C@@H]2C[C@H]([B])O[C@]2(N)COC(C)C)O1. The van der Waals surface area contributed by atoms with Crippen LogP contribution in [0, 0.1) is 0 Å². The first kappa shape index (κ1) is 24.3. The minimum atomic E-state index is -4.48. The minimum Gasteiger partial charge on any atom is -0.380 e. The second-order valence-electron chi connectivity index (χ2n) is 7.74. The van der Waals surface area contributed by atoms with Crippen molar-refractivity contribution in [3.63, 3.8) is 0 Å². The molecule has 0 aromatic carbocycles. The molecule has 2 fully saturated rings. The molecule has 0 aromatic rings. The Morgan fingerprint density at radius 3 is 2.50 bits per heavy atom. The first-order chi connectivity index (χ1) is 12.9. The van der Waals surface area contributed by atoms with Crippen LogP contribution in [-0.4, -0.2) is 82.1 Å². The summed E-state index contributed by atoms with van der Waals surface area (Å²) in [5, 5.41) is 0. The van der Waals surface area contributed by atoms with Gasteiger partial charge in [0.15, 0.2) is 5.72 Å². The zero-order valence-corrected chi connectivity index (χ0v) is 17.7. The molecule has 2 aliphatic rings. The molecule has 0 aromatic heterocycles. The molecule has 0 saturated carbocycles. The van der Waals surface area contributed by atoms with Crippen LogP contribution in [0.3, 0.4) is 0 Å². The number of hydrogen-bond acceptors (Lipinski definition) is 8. The van der Waals surface area contributed by atoms with Gasteiger partial charge in [0.25, 0.3) is 0 Å². The fourth-order valence-electron chi connectivity index (χ4n) is 3.12. The Kier molecular flexibility index (Phi) is 8.59. The van der Waals surface area contributed by atoms with Crippen LogP contribution in [0.1, 0.15) is 40.5 Å². The number of hydrogen-bond donors (Lipinski definition) is 2. The van der Waals surface area contributed by atoms with Crippen LogP contribution in [-0.2, 0) is 32.6 Å². The molecule has 2 aliphatic heterocycles. The van der Waals surface area contributed by atoms with Crippen molar-refractivity contribution in [3.8, 4) is 0 Å². The van der Waals surface area contributed by atoms with Gasteiger partial charge in [-0.15, -0.1) is 0 Å². The van der Waals surface area contributed by atoms with Crippen LogP contribution in [0.25, 0.3) is 0 Å². The molecular weight excluding hydrogens is 387 g/mol. The highest BCUT2D eigenvalue weighted by Gasteiger charge is 2.49. The summed E-state index contributed by atoms with van der Waals surface area (Å²) >= 11 is 0. The number of phosphoric ester groups is 1. The summed E-state index contributed by atoms with van der Waals surface area (Å²) in [5.41, 5.74) is 4.70. The molecule has 28 heavy (non-hydrogen) atoms. The Bertz CT molecular complexity index is 557. The van der Waals surface area contributed by atoms with E-state index in [-0.39, 0.29) is 37.9 Å². The zero-order valence-electron chi connectivity index (χ0n) is 16.9. The van der Waals surface area contributed by atoms with E-state index in [0.717, 1.165) is 0 Å². The van der Waals surface area contributed by atoms with Gasteiger partial charge in [-0.3, -0.25) is 14.8 Å². The third-order valence-electron chi connectivity index (χ3n) is 4.34. The van der Waals surface area contributed by atoms with Gasteiger partial charge in [-0.2, -0.15) is 0 Å². The number of rotatable bonds is 10. The summed E-state index contributed by atoms with van der Waals surface area (Å²) in [6, 6.07) is -1.27. The van der Waals surface area contributed by atoms with Crippen LogP contribution in [0.5, 0.6) is 0 Å². The first-order valence-electron chi connectivity index (χ1n) is 9.46. The van der Waals surface area contributed by atoms with Crippen molar-refractivity contribution in [2.45, 2.75) is 88.8 Å². The Labute approximate surface area is 169 Å². The van der Waals surface area contributed by atoms with Crippen molar-refractivity contribution < 1.29 is 37.5 Å². The third-order valence-corrected chi connectivity index (χ3v) is 5.34. The maximum atomic E-state index is 12.5. The maximum absolute atomic E-state index is 12.5. The molecule has 0 bridgehead atoms. The van der Waals surface area contributed by atoms with Gasteiger partial charge in [0.05, 0.1) is 31.5 Å². The average molecular weight is 417 g/mol. The standard InChI is InChI=1S/C16H30B2NO8P/c1-9(2)22-8-16(19)13(6-15(18)26-16)27-28(20,21)23-7-12-11(24-10(3)4)5-14(17)25-12/h9-15H,5-8,19H2,1-4H3,(H,20,21)/t11-,12-,13-,14-,15-,16-/m1/s1. The van der Waals surface area contributed by atoms with Crippen LogP contribution >= 0.6 is 7.82 Å². The molecule has 3 N–H and O–H groups in total. The van der Waals surface area contributed by atoms with Gasteiger partial charge in [-0.05, 0) is 40.5 Å². The molecule has 7 atom stereocenters. The fraction of sp³-hybridized carbons (Fsp3) is 1.00. The van der Waals surface area contributed by atoms with E-state index in [1.54, 1.807) is 0 Å². The van der Waals surface area contributed by atoms with E-state index in [9.17, 15) is 9.46 Å². The summed E-state index contributed by atoms with van der Waals surface area (Å²) in [6.07, 6.45) is -1.48. The molecule has 4 radical (unpaired) electrons. The Morgan fingerprint density at radius 2 is 1.89 bits per heavy atom. The molecule has 0 amide bonds. The van der Waals surface area contributed by atoms with Gasteiger partial charge in [0, 0.05) is 12.0 Å².